The van der Waals surface area contributed by atoms with Crippen LogP contribution in [-0.2, 0) is 0 Å². The first-order valence-electron chi connectivity index (χ1n) is 15.2. The van der Waals surface area contributed by atoms with Crippen molar-refractivity contribution in [2.45, 2.75) is 58.2 Å². The van der Waals surface area contributed by atoms with Gasteiger partial charge < -0.3 is 16.1 Å². The highest BCUT2D eigenvalue weighted by Gasteiger charge is 2.32. The molecule has 1 saturated heterocycles. The number of anilines is 3. The van der Waals surface area contributed by atoms with E-state index in [4.69, 9.17) is 23.2 Å². The van der Waals surface area contributed by atoms with E-state index in [1.807, 2.05) is 67.6 Å². The summed E-state index contributed by atoms with van der Waals surface area (Å²) >= 11 is 13.1. The van der Waals surface area contributed by atoms with Crippen LogP contribution >= 0.6 is 23.2 Å². The molecule has 2 aliphatic heterocycles. The van der Waals surface area contributed by atoms with Gasteiger partial charge in [-0.1, -0.05) is 53.0 Å². The normalized spacial score (nSPS) is 16.6. The number of nitrogens with zero attached hydrogens (tertiary/aromatic N) is 4. The van der Waals surface area contributed by atoms with Crippen LogP contribution in [0.3, 0.4) is 0 Å². The minimum atomic E-state index is -0.247. The van der Waals surface area contributed by atoms with Gasteiger partial charge in [-0.25, -0.2) is 0 Å². The van der Waals surface area contributed by atoms with Gasteiger partial charge in [0.15, 0.2) is 0 Å². The first-order chi connectivity index (χ1) is 21.6. The molecule has 0 unspecified atom stereocenters. The van der Waals surface area contributed by atoms with E-state index in [2.05, 4.69) is 69.5 Å². The molecule has 45 heavy (non-hydrogen) atoms. The Labute approximate surface area is 275 Å². The smallest absolute Gasteiger partial charge is 0.103 e. The van der Waals surface area contributed by atoms with Crippen molar-refractivity contribution in [3.8, 4) is 6.07 Å². The van der Waals surface area contributed by atoms with Crippen LogP contribution in [-0.4, -0.2) is 39.6 Å². The van der Waals surface area contributed by atoms with Crippen LogP contribution in [0.15, 0.2) is 78.8 Å². The molecular weight excluding hydrogens is 603 g/mol. The number of aryl methyl sites for hydroxylation is 1. The van der Waals surface area contributed by atoms with Crippen LogP contribution in [0.2, 0.25) is 10.0 Å². The number of piperidine rings is 1. The number of rotatable bonds is 7. The minimum absolute atomic E-state index is 0.173. The van der Waals surface area contributed by atoms with Gasteiger partial charge in [-0.3, -0.25) is 14.9 Å². The average molecular weight is 642 g/mol. The fourth-order valence-electron chi connectivity index (χ4n) is 6.01. The van der Waals surface area contributed by atoms with Crippen LogP contribution in [0.25, 0.3) is 10.9 Å². The summed E-state index contributed by atoms with van der Waals surface area (Å²) in [5, 5.41) is 21.2. The molecule has 1 fully saturated rings. The molecular formula is C35H38Cl2N8. The van der Waals surface area contributed by atoms with E-state index in [0.717, 1.165) is 59.5 Å². The number of likely N-dealkylation sites (tertiary alicyclic amines) is 1. The summed E-state index contributed by atoms with van der Waals surface area (Å²) in [5.74, 6) is 0. The second kappa shape index (κ2) is 12.8. The van der Waals surface area contributed by atoms with Gasteiger partial charge in [-0.2, -0.15) is 5.26 Å². The van der Waals surface area contributed by atoms with Crippen molar-refractivity contribution >= 4 is 51.2 Å². The maximum Gasteiger partial charge on any atom is 0.103 e. The lowest BCUT2D eigenvalue weighted by Gasteiger charge is -2.42. The minimum Gasteiger partial charge on any atom is -0.373 e. The first kappa shape index (κ1) is 31.0. The lowest BCUT2D eigenvalue weighted by atomic mass is 9.98. The molecule has 10 heteroatoms. The summed E-state index contributed by atoms with van der Waals surface area (Å²) in [7, 11) is 0. The molecule has 3 aromatic carbocycles. The predicted octanol–water partition coefficient (Wildman–Crippen LogP) is 8.05. The Balaban J connectivity index is 1.33. The van der Waals surface area contributed by atoms with Crippen LogP contribution in [0.5, 0.6) is 0 Å². The van der Waals surface area contributed by atoms with Crippen molar-refractivity contribution < 1.29 is 0 Å². The third-order valence-electron chi connectivity index (χ3n) is 8.61. The fraction of sp³-hybridized carbons (Fsp3) is 0.314. The van der Waals surface area contributed by atoms with Crippen LogP contribution < -0.4 is 21.6 Å². The van der Waals surface area contributed by atoms with Crippen LogP contribution in [0.1, 0.15) is 56.3 Å². The van der Waals surface area contributed by atoms with Gasteiger partial charge in [-0.05, 0) is 82.5 Å². The van der Waals surface area contributed by atoms with E-state index in [-0.39, 0.29) is 11.6 Å². The zero-order valence-electron chi connectivity index (χ0n) is 26.0. The molecule has 0 bridgehead atoms. The Hall–Kier alpha value is -4.00. The predicted molar refractivity (Wildman–Crippen MR) is 184 cm³/mol. The van der Waals surface area contributed by atoms with Crippen molar-refractivity contribution in [2.24, 2.45) is 0 Å². The van der Waals surface area contributed by atoms with E-state index in [1.165, 1.54) is 0 Å². The Kier molecular flexibility index (Phi) is 8.80. The Morgan fingerprint density at radius 2 is 1.71 bits per heavy atom. The molecule has 3 heterocycles. The maximum absolute atomic E-state index is 9.97. The molecule has 4 aromatic rings. The number of hydrazine groups is 2. The Bertz CT molecular complexity index is 1750. The fourth-order valence-corrected chi connectivity index (χ4v) is 6.40. The summed E-state index contributed by atoms with van der Waals surface area (Å²) < 4.78 is 0. The summed E-state index contributed by atoms with van der Waals surface area (Å²) in [5.41, 5.74) is 13.5. The second-order valence-corrected chi connectivity index (χ2v) is 13.6. The molecule has 0 radical (unpaired) electrons. The number of fused-ring (bicyclic) bond motifs is 1. The molecule has 0 saturated carbocycles. The van der Waals surface area contributed by atoms with Gasteiger partial charge in [0.05, 0.1) is 33.5 Å². The molecule has 0 aliphatic carbocycles. The molecule has 6 rings (SSSR count). The van der Waals surface area contributed by atoms with E-state index >= 15 is 0 Å². The van der Waals surface area contributed by atoms with Crippen molar-refractivity contribution in [1.29, 1.82) is 5.26 Å². The van der Waals surface area contributed by atoms with E-state index in [0.29, 0.717) is 32.9 Å². The lowest BCUT2D eigenvalue weighted by molar-refractivity contribution is 0.0570. The quantitative estimate of drug-likeness (QED) is 0.161. The summed E-state index contributed by atoms with van der Waals surface area (Å²) in [6.45, 7) is 11.0. The SMILES string of the molecule is Cc1ccc(Nc2c(C#N)cnc3c(Cl)cc(N[C@H](C4=CN(C5CCN(C(C)(C)C)CC5)NN4)c4ccc(Cl)cc4)cc23)cc1. The molecule has 0 spiro atoms. The van der Waals surface area contributed by atoms with Gasteiger partial charge >= 0.3 is 0 Å². The number of aromatic nitrogens is 1. The highest BCUT2D eigenvalue weighted by atomic mass is 35.5. The van der Waals surface area contributed by atoms with Gasteiger partial charge in [-0.15, -0.1) is 5.53 Å². The van der Waals surface area contributed by atoms with E-state index in [9.17, 15) is 5.26 Å². The van der Waals surface area contributed by atoms with Crippen molar-refractivity contribution in [1.82, 2.24) is 25.9 Å². The summed E-state index contributed by atoms with van der Waals surface area (Å²) in [4.78, 5) is 7.08. The zero-order chi connectivity index (χ0) is 31.7. The number of halogens is 2. The Morgan fingerprint density at radius 1 is 1.00 bits per heavy atom. The standard InChI is InChI=1S/C35H38Cl2N8/c1-22-5-11-26(12-6-22)40-32-24(19-38)20-39-34-29(32)17-27(18-30(34)37)41-33(23-7-9-25(36)10-8-23)31-21-45(43-42-31)28-13-15-44(16-14-28)35(2,3)4/h5-12,17-18,20-21,28,33,41-43H,13-16H2,1-4H3,(H,39,40)/t33-/m0/s1. The lowest BCUT2D eigenvalue weighted by Crippen LogP contribution is -2.52. The Morgan fingerprint density at radius 3 is 2.38 bits per heavy atom. The maximum atomic E-state index is 9.97. The highest BCUT2D eigenvalue weighted by molar-refractivity contribution is 6.36. The number of pyridine rings is 1. The molecule has 8 nitrogen and oxygen atoms in total. The van der Waals surface area contributed by atoms with Gasteiger partial charge in [0.2, 0.25) is 0 Å². The number of hydrogen-bond donors (Lipinski definition) is 4. The average Bonchev–Trinajstić information content (AvgIpc) is 3.51. The van der Waals surface area contributed by atoms with Crippen molar-refractivity contribution in [2.75, 3.05) is 23.7 Å². The molecule has 1 aromatic heterocycles. The van der Waals surface area contributed by atoms with Crippen molar-refractivity contribution in [3.05, 3.63) is 105 Å². The van der Waals surface area contributed by atoms with Crippen LogP contribution in [0, 0.1) is 18.3 Å². The highest BCUT2D eigenvalue weighted by Crippen LogP contribution is 2.37. The number of hydrogen-bond acceptors (Lipinski definition) is 8. The number of nitrogens with one attached hydrogen (secondary N) is 4. The monoisotopic (exact) mass is 640 g/mol. The summed E-state index contributed by atoms with van der Waals surface area (Å²) in [6, 6.07) is 22.2. The van der Waals surface area contributed by atoms with E-state index in [1.54, 1.807) is 6.20 Å². The zero-order valence-corrected chi connectivity index (χ0v) is 27.5. The third-order valence-corrected chi connectivity index (χ3v) is 9.15. The number of benzene rings is 3. The van der Waals surface area contributed by atoms with Gasteiger partial charge in [0.1, 0.15) is 6.07 Å². The first-order valence-corrected chi connectivity index (χ1v) is 16.0. The molecule has 0 amide bonds. The molecule has 1 atom stereocenters. The molecule has 232 valence electrons. The van der Waals surface area contributed by atoms with Gasteiger partial charge in [0, 0.05) is 58.9 Å². The second-order valence-electron chi connectivity index (χ2n) is 12.8. The van der Waals surface area contributed by atoms with Crippen LogP contribution in [0.4, 0.5) is 17.1 Å². The van der Waals surface area contributed by atoms with E-state index < -0.39 is 0 Å². The largest absolute Gasteiger partial charge is 0.373 e. The molecule has 4 N–H and O–H groups in total. The summed E-state index contributed by atoms with van der Waals surface area (Å²) in [6.07, 6.45) is 5.86. The third kappa shape index (κ3) is 6.82. The number of nitriles is 1. The van der Waals surface area contributed by atoms with Crippen molar-refractivity contribution in [3.63, 3.8) is 0 Å². The molecule has 2 aliphatic rings. The topological polar surface area (TPSA) is 91.3 Å². The van der Waals surface area contributed by atoms with Gasteiger partial charge in [0.25, 0.3) is 0 Å².